The van der Waals surface area contributed by atoms with E-state index >= 15 is 0 Å². The molecule has 0 unspecified atom stereocenters. The van der Waals surface area contributed by atoms with Gasteiger partial charge in [0.1, 0.15) is 0 Å². The summed E-state index contributed by atoms with van der Waals surface area (Å²) in [4.78, 5) is 8.87. The summed E-state index contributed by atoms with van der Waals surface area (Å²) in [5, 5.41) is 17.2. The molecule has 0 radical (unpaired) electrons. The first-order valence-corrected chi connectivity index (χ1v) is 15.1. The van der Waals surface area contributed by atoms with Gasteiger partial charge in [-0.05, 0) is 51.3 Å². The van der Waals surface area contributed by atoms with Crippen molar-refractivity contribution in [2.24, 2.45) is 0 Å². The smallest absolute Gasteiger partial charge is 0.352 e. The molecular formula is C40H22N6Pt. The van der Waals surface area contributed by atoms with Crippen LogP contribution in [0.4, 0.5) is 0 Å². The van der Waals surface area contributed by atoms with Crippen LogP contribution in [-0.4, -0.2) is 29.3 Å². The number of fused-ring (bicyclic) bond motifs is 8. The van der Waals surface area contributed by atoms with Crippen molar-refractivity contribution in [3.63, 3.8) is 0 Å². The summed E-state index contributed by atoms with van der Waals surface area (Å²) < 4.78 is 4.44. The van der Waals surface area contributed by atoms with Gasteiger partial charge in [0.15, 0.2) is 5.82 Å². The van der Waals surface area contributed by atoms with Crippen molar-refractivity contribution in [3.05, 3.63) is 146 Å². The second-order valence-electron chi connectivity index (χ2n) is 11.5. The fraction of sp³-hybridized carbons (Fsp3) is 0. The Labute approximate surface area is 283 Å². The van der Waals surface area contributed by atoms with Crippen LogP contribution >= 0.6 is 0 Å². The molecule has 0 aliphatic rings. The molecule has 0 spiro atoms. The van der Waals surface area contributed by atoms with Gasteiger partial charge >= 0.3 is 21.1 Å². The summed E-state index contributed by atoms with van der Waals surface area (Å²) in [6.45, 7) is 0. The fourth-order valence-corrected chi connectivity index (χ4v) is 6.80. The summed E-state index contributed by atoms with van der Waals surface area (Å²) >= 11 is 0. The van der Waals surface area contributed by atoms with Crippen molar-refractivity contribution in [3.8, 4) is 22.8 Å². The molecule has 0 bridgehead atoms. The quantitative estimate of drug-likeness (QED) is 0.168. The van der Waals surface area contributed by atoms with E-state index < -0.39 is 0 Å². The molecule has 0 fully saturated rings. The summed E-state index contributed by atoms with van der Waals surface area (Å²) in [7, 11) is 0. The molecule has 0 saturated heterocycles. The Bertz CT molecular complexity index is 2820. The Kier molecular flexibility index (Phi) is 6.27. The molecule has 4 aromatic heterocycles. The van der Waals surface area contributed by atoms with E-state index in [1.807, 2.05) is 18.2 Å². The molecule has 222 valence electrons. The van der Waals surface area contributed by atoms with Crippen molar-refractivity contribution < 1.29 is 21.1 Å². The molecule has 7 heteroatoms. The zero-order valence-corrected chi connectivity index (χ0v) is 27.0. The van der Waals surface area contributed by atoms with Gasteiger partial charge in [-0.1, -0.05) is 83.3 Å². The van der Waals surface area contributed by atoms with E-state index in [0.717, 1.165) is 77.3 Å². The summed E-state index contributed by atoms with van der Waals surface area (Å²) in [6, 6.07) is 47.8. The van der Waals surface area contributed by atoms with E-state index in [2.05, 4.69) is 138 Å². The van der Waals surface area contributed by atoms with Gasteiger partial charge in [-0.15, -0.1) is 51.5 Å². The SMILES string of the molecule is [Pt+2].[c-]1c(-c2cnccn2)ccc2c3cc4ccccc4cc3n(-c3[c-]c4c(cc3)c3ccccc3n4-c3cc4ccccc4nn3)c12. The Balaban J connectivity index is 0.00000302. The molecular weight excluding hydrogens is 760 g/mol. The average molecular weight is 782 g/mol. The minimum absolute atomic E-state index is 0. The van der Waals surface area contributed by atoms with Gasteiger partial charge in [0.05, 0.1) is 5.52 Å². The summed E-state index contributed by atoms with van der Waals surface area (Å²) in [6.07, 6.45) is 5.18. The van der Waals surface area contributed by atoms with Crippen LogP contribution in [0.5, 0.6) is 0 Å². The van der Waals surface area contributed by atoms with Gasteiger partial charge in [0, 0.05) is 40.7 Å². The van der Waals surface area contributed by atoms with E-state index in [4.69, 9.17) is 0 Å². The molecule has 10 rings (SSSR count). The first-order valence-electron chi connectivity index (χ1n) is 15.1. The third kappa shape index (κ3) is 4.22. The molecule has 6 nitrogen and oxygen atoms in total. The van der Waals surface area contributed by atoms with Gasteiger partial charge in [-0.3, -0.25) is 4.98 Å². The molecule has 0 saturated carbocycles. The van der Waals surface area contributed by atoms with E-state index in [1.165, 1.54) is 10.8 Å². The van der Waals surface area contributed by atoms with Crippen LogP contribution in [0.25, 0.3) is 88.0 Å². The average Bonchev–Trinajstić information content (AvgIpc) is 3.62. The van der Waals surface area contributed by atoms with Crippen LogP contribution in [0.15, 0.2) is 134 Å². The van der Waals surface area contributed by atoms with E-state index in [9.17, 15) is 0 Å². The van der Waals surface area contributed by atoms with Crippen LogP contribution in [0.3, 0.4) is 0 Å². The fourth-order valence-electron chi connectivity index (χ4n) is 6.80. The Morgan fingerprint density at radius 2 is 1.28 bits per heavy atom. The predicted molar refractivity (Wildman–Crippen MR) is 184 cm³/mol. The van der Waals surface area contributed by atoms with Crippen molar-refractivity contribution in [2.75, 3.05) is 0 Å². The molecule has 47 heavy (non-hydrogen) atoms. The van der Waals surface area contributed by atoms with Gasteiger partial charge in [-0.25, -0.2) is 0 Å². The number of hydrogen-bond donors (Lipinski definition) is 0. The van der Waals surface area contributed by atoms with Crippen molar-refractivity contribution in [1.29, 1.82) is 0 Å². The second-order valence-corrected chi connectivity index (χ2v) is 11.5. The van der Waals surface area contributed by atoms with E-state index in [1.54, 1.807) is 18.6 Å². The van der Waals surface area contributed by atoms with Crippen LogP contribution in [-0.2, 0) is 21.1 Å². The molecule has 0 aliphatic heterocycles. The maximum atomic E-state index is 4.69. The predicted octanol–water partition coefficient (Wildman–Crippen LogP) is 9.03. The molecule has 4 heterocycles. The molecule has 0 atom stereocenters. The van der Waals surface area contributed by atoms with E-state index in [0.29, 0.717) is 0 Å². The van der Waals surface area contributed by atoms with Crippen LogP contribution in [0, 0.1) is 12.1 Å². The van der Waals surface area contributed by atoms with Crippen molar-refractivity contribution >= 4 is 65.3 Å². The van der Waals surface area contributed by atoms with Gasteiger partial charge in [-0.2, -0.15) is 6.07 Å². The van der Waals surface area contributed by atoms with Crippen molar-refractivity contribution in [1.82, 2.24) is 29.3 Å². The second kappa shape index (κ2) is 10.7. The zero-order chi connectivity index (χ0) is 30.2. The zero-order valence-electron chi connectivity index (χ0n) is 24.7. The standard InChI is InChI=1S/C40H22N6.Pt/c1-2-8-26-20-38-33(19-25(26)7-1)32-15-13-28(35-24-41-17-18-42-35)21-37(32)45(38)29-14-16-31-30-10-4-6-12-36(30)46(39(31)23-29)40-22-27-9-3-5-11-34(27)43-44-40;/h1-20,22,24H;/q-2;+2. The number of para-hydroxylation sites is 1. The minimum Gasteiger partial charge on any atom is -0.352 e. The first kappa shape index (κ1) is 27.6. The Hall–Kier alpha value is -5.71. The number of hydrogen-bond acceptors (Lipinski definition) is 4. The number of benzene rings is 6. The first-order chi connectivity index (χ1) is 22.8. The van der Waals surface area contributed by atoms with E-state index in [-0.39, 0.29) is 21.1 Å². The van der Waals surface area contributed by atoms with Gasteiger partial charge < -0.3 is 14.1 Å². The third-order valence-electron chi connectivity index (χ3n) is 8.90. The monoisotopic (exact) mass is 781 g/mol. The largest absolute Gasteiger partial charge is 2.00 e. The normalized spacial score (nSPS) is 11.7. The molecule has 0 N–H and O–H groups in total. The van der Waals surface area contributed by atoms with Gasteiger partial charge in [0.25, 0.3) is 0 Å². The van der Waals surface area contributed by atoms with Crippen LogP contribution in [0.2, 0.25) is 0 Å². The molecule has 10 aromatic rings. The number of aromatic nitrogens is 6. The molecule has 6 aromatic carbocycles. The molecule has 0 amide bonds. The Morgan fingerprint density at radius 3 is 2.15 bits per heavy atom. The third-order valence-corrected chi connectivity index (χ3v) is 8.90. The summed E-state index contributed by atoms with van der Waals surface area (Å²) in [5.74, 6) is 0.753. The molecule has 0 aliphatic carbocycles. The Morgan fingerprint density at radius 1 is 0.532 bits per heavy atom. The minimum atomic E-state index is 0. The number of rotatable bonds is 3. The van der Waals surface area contributed by atoms with Gasteiger partial charge in [0.2, 0.25) is 0 Å². The van der Waals surface area contributed by atoms with Crippen molar-refractivity contribution in [2.45, 2.75) is 0 Å². The topological polar surface area (TPSA) is 61.4 Å². The van der Waals surface area contributed by atoms with Crippen LogP contribution < -0.4 is 0 Å². The number of nitrogens with zero attached hydrogens (tertiary/aromatic N) is 6. The van der Waals surface area contributed by atoms with Crippen LogP contribution in [0.1, 0.15) is 0 Å². The summed E-state index contributed by atoms with van der Waals surface area (Å²) in [5.41, 5.74) is 7.47. The maximum Gasteiger partial charge on any atom is 2.00 e. The maximum absolute atomic E-state index is 4.69.